The van der Waals surface area contributed by atoms with Crippen LogP contribution in [0.25, 0.3) is 0 Å². The molecule has 1 unspecified atom stereocenters. The third-order valence-electron chi connectivity index (χ3n) is 4.23. The Morgan fingerprint density at radius 2 is 2.10 bits per heavy atom. The number of piperidine rings is 1. The average Bonchev–Trinajstić information content (AvgIpc) is 2.40. The molecule has 0 aliphatic carbocycles. The summed E-state index contributed by atoms with van der Waals surface area (Å²) in [5.74, 6) is -1.49. The first-order chi connectivity index (χ1) is 9.93. The molecule has 1 aromatic rings. The largest absolute Gasteiger partial charge is 0.309 e. The first-order valence-corrected chi connectivity index (χ1v) is 7.82. The van der Waals surface area contributed by atoms with Crippen LogP contribution in [-0.2, 0) is 0 Å². The highest BCUT2D eigenvalue weighted by atomic mass is 19.2. The van der Waals surface area contributed by atoms with Crippen molar-refractivity contribution in [3.05, 3.63) is 35.4 Å². The number of benzene rings is 1. The van der Waals surface area contributed by atoms with Crippen molar-refractivity contribution in [1.82, 2.24) is 10.2 Å². The highest BCUT2D eigenvalue weighted by Gasteiger charge is 2.28. The fourth-order valence-electron chi connectivity index (χ4n) is 3.27. The van der Waals surface area contributed by atoms with Gasteiger partial charge in [-0.25, -0.2) is 8.78 Å². The van der Waals surface area contributed by atoms with Crippen LogP contribution in [0, 0.1) is 17.0 Å². The van der Waals surface area contributed by atoms with E-state index in [2.05, 4.69) is 24.1 Å². The lowest BCUT2D eigenvalue weighted by molar-refractivity contribution is 0.107. The number of nitrogens with zero attached hydrogens (tertiary/aromatic N) is 1. The van der Waals surface area contributed by atoms with Gasteiger partial charge in [0.05, 0.1) is 0 Å². The molecular formula is C17H26F2N2. The van der Waals surface area contributed by atoms with Crippen molar-refractivity contribution in [1.29, 1.82) is 0 Å². The predicted octanol–water partition coefficient (Wildman–Crippen LogP) is 3.74. The Hall–Kier alpha value is -1.00. The smallest absolute Gasteiger partial charge is 0.163 e. The van der Waals surface area contributed by atoms with Crippen molar-refractivity contribution in [3.63, 3.8) is 0 Å². The highest BCUT2D eigenvalue weighted by Crippen LogP contribution is 2.30. The summed E-state index contributed by atoms with van der Waals surface area (Å²) in [6.45, 7) is 10.0. The minimum Gasteiger partial charge on any atom is -0.309 e. The second-order valence-electron chi connectivity index (χ2n) is 6.76. The van der Waals surface area contributed by atoms with E-state index in [1.165, 1.54) is 12.5 Å². The minimum absolute atomic E-state index is 0.167. The van der Waals surface area contributed by atoms with Crippen LogP contribution in [0.15, 0.2) is 18.2 Å². The van der Waals surface area contributed by atoms with Crippen molar-refractivity contribution in [2.45, 2.75) is 39.7 Å². The molecule has 1 N–H and O–H groups in total. The standard InChI is InChI=1S/C17H26F2N2/c1-4-20-15(13-7-5-8-14(18)16(13)19)11-21-10-6-9-17(2,3)12-21/h5,7-8,15,20H,4,6,9-12H2,1-3H3. The Morgan fingerprint density at radius 1 is 1.33 bits per heavy atom. The van der Waals surface area contributed by atoms with Crippen LogP contribution in [0.4, 0.5) is 8.78 Å². The summed E-state index contributed by atoms with van der Waals surface area (Å²) in [7, 11) is 0. The Balaban J connectivity index is 2.14. The maximum atomic E-state index is 14.0. The zero-order valence-electron chi connectivity index (χ0n) is 13.3. The summed E-state index contributed by atoms with van der Waals surface area (Å²) in [4.78, 5) is 2.36. The molecule has 0 amide bonds. The number of hydrogen-bond donors (Lipinski definition) is 1. The van der Waals surface area contributed by atoms with Crippen molar-refractivity contribution < 1.29 is 8.78 Å². The molecule has 2 nitrogen and oxygen atoms in total. The lowest BCUT2D eigenvalue weighted by Crippen LogP contribution is -2.44. The van der Waals surface area contributed by atoms with Crippen molar-refractivity contribution in [2.24, 2.45) is 5.41 Å². The monoisotopic (exact) mass is 296 g/mol. The lowest BCUT2D eigenvalue weighted by Gasteiger charge is -2.39. The quantitative estimate of drug-likeness (QED) is 0.890. The van der Waals surface area contributed by atoms with Crippen molar-refractivity contribution in [2.75, 3.05) is 26.2 Å². The number of rotatable bonds is 5. The van der Waals surface area contributed by atoms with E-state index >= 15 is 0 Å². The molecule has 0 bridgehead atoms. The van der Waals surface area contributed by atoms with Gasteiger partial charge in [0.25, 0.3) is 0 Å². The Labute approximate surface area is 126 Å². The van der Waals surface area contributed by atoms with Gasteiger partial charge < -0.3 is 10.2 Å². The molecule has 1 saturated heterocycles. The number of nitrogens with one attached hydrogen (secondary N) is 1. The van der Waals surface area contributed by atoms with Crippen LogP contribution in [0.3, 0.4) is 0 Å². The Kier molecular flexibility index (Phi) is 5.33. The zero-order chi connectivity index (χ0) is 15.5. The normalized spacial score (nSPS) is 20.4. The molecule has 118 valence electrons. The summed E-state index contributed by atoms with van der Waals surface area (Å²) in [5.41, 5.74) is 0.732. The molecule has 0 saturated carbocycles. The molecule has 1 aliphatic rings. The van der Waals surface area contributed by atoms with Crippen LogP contribution >= 0.6 is 0 Å². The molecule has 0 radical (unpaired) electrons. The number of halogens is 2. The van der Waals surface area contributed by atoms with Gasteiger partial charge in [-0.2, -0.15) is 0 Å². The van der Waals surface area contributed by atoms with Crippen LogP contribution in [0.1, 0.15) is 45.2 Å². The summed E-state index contributed by atoms with van der Waals surface area (Å²) >= 11 is 0. The predicted molar refractivity (Wildman–Crippen MR) is 82.2 cm³/mol. The van der Waals surface area contributed by atoms with Gasteiger partial charge in [-0.05, 0) is 37.4 Å². The molecule has 21 heavy (non-hydrogen) atoms. The zero-order valence-corrected chi connectivity index (χ0v) is 13.3. The minimum atomic E-state index is -0.769. The van der Waals surface area contributed by atoms with E-state index in [0.29, 0.717) is 11.0 Å². The SMILES string of the molecule is CCNC(CN1CCCC(C)(C)C1)c1cccc(F)c1F. The van der Waals surface area contributed by atoms with Gasteiger partial charge >= 0.3 is 0 Å². The molecule has 1 atom stereocenters. The lowest BCUT2D eigenvalue weighted by atomic mass is 9.84. The maximum absolute atomic E-state index is 14.0. The van der Waals surface area contributed by atoms with Gasteiger partial charge in [0.2, 0.25) is 0 Å². The van der Waals surface area contributed by atoms with E-state index in [9.17, 15) is 8.78 Å². The number of likely N-dealkylation sites (N-methyl/N-ethyl adjacent to an activating group) is 1. The molecule has 1 fully saturated rings. The second kappa shape index (κ2) is 6.84. The van der Waals surface area contributed by atoms with Crippen LogP contribution in [0.2, 0.25) is 0 Å². The molecule has 1 aliphatic heterocycles. The van der Waals surface area contributed by atoms with Gasteiger partial charge in [0.15, 0.2) is 11.6 Å². The maximum Gasteiger partial charge on any atom is 0.163 e. The molecular weight excluding hydrogens is 270 g/mol. The Morgan fingerprint density at radius 3 is 2.76 bits per heavy atom. The first kappa shape index (κ1) is 16.4. The van der Waals surface area contributed by atoms with Crippen LogP contribution < -0.4 is 5.32 Å². The third-order valence-corrected chi connectivity index (χ3v) is 4.23. The van der Waals surface area contributed by atoms with E-state index < -0.39 is 11.6 Å². The van der Waals surface area contributed by atoms with Gasteiger partial charge in [-0.3, -0.25) is 0 Å². The first-order valence-electron chi connectivity index (χ1n) is 7.82. The van der Waals surface area contributed by atoms with Crippen molar-refractivity contribution in [3.8, 4) is 0 Å². The van der Waals surface area contributed by atoms with E-state index in [0.717, 1.165) is 32.6 Å². The van der Waals surface area contributed by atoms with E-state index in [1.807, 2.05) is 6.92 Å². The third kappa shape index (κ3) is 4.24. The number of hydrogen-bond acceptors (Lipinski definition) is 2. The molecule has 1 heterocycles. The fourth-order valence-corrected chi connectivity index (χ4v) is 3.27. The van der Waals surface area contributed by atoms with E-state index in [1.54, 1.807) is 12.1 Å². The van der Waals surface area contributed by atoms with E-state index in [-0.39, 0.29) is 6.04 Å². The molecule has 1 aromatic carbocycles. The summed E-state index contributed by atoms with van der Waals surface area (Å²) < 4.78 is 27.5. The van der Waals surface area contributed by atoms with Gasteiger partial charge in [-0.1, -0.05) is 32.9 Å². The molecule has 2 rings (SSSR count). The van der Waals surface area contributed by atoms with Crippen LogP contribution in [0.5, 0.6) is 0 Å². The molecule has 4 heteroatoms. The second-order valence-corrected chi connectivity index (χ2v) is 6.76. The van der Waals surface area contributed by atoms with Gasteiger partial charge in [0.1, 0.15) is 0 Å². The molecule has 0 spiro atoms. The number of likely N-dealkylation sites (tertiary alicyclic amines) is 1. The van der Waals surface area contributed by atoms with Crippen LogP contribution in [-0.4, -0.2) is 31.1 Å². The summed E-state index contributed by atoms with van der Waals surface area (Å²) in [6, 6.07) is 4.27. The molecule has 0 aromatic heterocycles. The summed E-state index contributed by atoms with van der Waals surface area (Å²) in [5, 5.41) is 3.29. The Bertz CT molecular complexity index is 474. The highest BCUT2D eigenvalue weighted by molar-refractivity contribution is 5.23. The fraction of sp³-hybridized carbons (Fsp3) is 0.647. The summed E-state index contributed by atoms with van der Waals surface area (Å²) in [6.07, 6.45) is 2.39. The van der Waals surface area contributed by atoms with Gasteiger partial charge in [-0.15, -0.1) is 0 Å². The average molecular weight is 296 g/mol. The van der Waals surface area contributed by atoms with E-state index in [4.69, 9.17) is 0 Å². The van der Waals surface area contributed by atoms with Gasteiger partial charge in [0, 0.05) is 24.7 Å². The topological polar surface area (TPSA) is 15.3 Å². The van der Waals surface area contributed by atoms with Crippen molar-refractivity contribution >= 4 is 0 Å².